The Kier molecular flexibility index (Phi) is 6.90. The van der Waals surface area contributed by atoms with Crippen molar-refractivity contribution in [3.63, 3.8) is 0 Å². The Hall–Kier alpha value is -0.0256. The van der Waals surface area contributed by atoms with E-state index in [0.717, 1.165) is 0 Å². The summed E-state index contributed by atoms with van der Waals surface area (Å²) in [6.07, 6.45) is -0.153. The molecule has 5 heteroatoms. The number of hydrogen-bond donors (Lipinski definition) is 1. The molecule has 0 aromatic heterocycles. The summed E-state index contributed by atoms with van der Waals surface area (Å²) >= 11 is 0. The minimum atomic E-state index is -1.41. The molecule has 0 spiro atoms. The Morgan fingerprint density at radius 2 is 2.00 bits per heavy atom. The number of rotatable bonds is 3. The van der Waals surface area contributed by atoms with E-state index >= 15 is 0 Å². The molecule has 0 saturated carbocycles. The van der Waals surface area contributed by atoms with Gasteiger partial charge in [-0.1, -0.05) is 0 Å². The Bertz CT molecular complexity index is 124. The van der Waals surface area contributed by atoms with Crippen molar-refractivity contribution in [3.8, 4) is 0 Å². The van der Waals surface area contributed by atoms with E-state index in [1.54, 1.807) is 0 Å². The molecule has 0 aromatic rings. The van der Waals surface area contributed by atoms with Gasteiger partial charge in [0.1, 0.15) is 0 Å². The Labute approximate surface area is 77.8 Å². The second-order valence-corrected chi connectivity index (χ2v) is 2.13. The van der Waals surface area contributed by atoms with Crippen molar-refractivity contribution in [2.24, 2.45) is 0 Å². The van der Waals surface area contributed by atoms with Gasteiger partial charge in [-0.05, 0) is 6.92 Å². The molecule has 0 aliphatic rings. The van der Waals surface area contributed by atoms with Crippen LogP contribution >= 0.6 is 0 Å². The molecule has 65 valence electrons. The van der Waals surface area contributed by atoms with Crippen LogP contribution in [0.2, 0.25) is 0 Å². The van der Waals surface area contributed by atoms with Crippen molar-refractivity contribution in [2.75, 3.05) is 14.2 Å². The van der Waals surface area contributed by atoms with Gasteiger partial charge in [-0.15, -0.1) is 0 Å². The maximum absolute atomic E-state index is 10.5. The van der Waals surface area contributed by atoms with Crippen LogP contribution in [0.3, 0.4) is 0 Å². The number of hydrogen-bond acceptors (Lipinski definition) is 4. The quantitative estimate of drug-likeness (QED) is 0.509. The molecule has 0 bridgehead atoms. The second kappa shape index (κ2) is 5.60. The standard InChI is InChI=1S/C6H12O4.V/c1-6(8,10-3)4-5(7)9-2;/h8H,4H2,1-3H3;. The van der Waals surface area contributed by atoms with Gasteiger partial charge in [-0.3, -0.25) is 4.79 Å². The first-order valence-corrected chi connectivity index (χ1v) is 2.86. The van der Waals surface area contributed by atoms with Gasteiger partial charge in [0.25, 0.3) is 0 Å². The number of methoxy groups -OCH3 is 2. The van der Waals surface area contributed by atoms with E-state index in [1.165, 1.54) is 21.1 Å². The Morgan fingerprint density at radius 1 is 1.55 bits per heavy atom. The first-order valence-electron chi connectivity index (χ1n) is 2.86. The molecule has 1 atom stereocenters. The fraction of sp³-hybridized carbons (Fsp3) is 0.833. The van der Waals surface area contributed by atoms with Crippen LogP contribution < -0.4 is 0 Å². The van der Waals surface area contributed by atoms with Gasteiger partial charge in [-0.2, -0.15) is 0 Å². The van der Waals surface area contributed by atoms with Crippen molar-refractivity contribution in [1.82, 2.24) is 0 Å². The summed E-state index contributed by atoms with van der Waals surface area (Å²) in [5.41, 5.74) is 0. The first-order chi connectivity index (χ1) is 4.52. The minimum Gasteiger partial charge on any atom is -0.469 e. The van der Waals surface area contributed by atoms with Gasteiger partial charge < -0.3 is 14.6 Å². The predicted octanol–water partition coefficient (Wildman–Crippen LogP) is -0.0981. The van der Waals surface area contributed by atoms with Crippen LogP contribution in [0.1, 0.15) is 13.3 Å². The molecule has 0 amide bonds. The third-order valence-electron chi connectivity index (χ3n) is 1.14. The molecule has 1 radical (unpaired) electrons. The summed E-state index contributed by atoms with van der Waals surface area (Å²) in [5.74, 6) is -1.90. The van der Waals surface area contributed by atoms with Gasteiger partial charge in [-0.25, -0.2) is 0 Å². The summed E-state index contributed by atoms with van der Waals surface area (Å²) in [6, 6.07) is 0. The van der Waals surface area contributed by atoms with E-state index in [2.05, 4.69) is 9.47 Å². The zero-order chi connectivity index (χ0) is 8.20. The second-order valence-electron chi connectivity index (χ2n) is 2.13. The molecule has 1 unspecified atom stereocenters. The van der Waals surface area contributed by atoms with Gasteiger partial charge in [0.15, 0.2) is 5.79 Å². The smallest absolute Gasteiger partial charge is 0.310 e. The van der Waals surface area contributed by atoms with Crippen molar-refractivity contribution < 1.29 is 37.9 Å². The third kappa shape index (κ3) is 6.38. The molecule has 1 N–H and O–H groups in total. The van der Waals surface area contributed by atoms with Gasteiger partial charge in [0, 0.05) is 25.7 Å². The topological polar surface area (TPSA) is 55.8 Å². The first kappa shape index (κ1) is 13.6. The molecule has 0 saturated heterocycles. The number of carbonyl (C=O) groups is 1. The number of carbonyl (C=O) groups excluding carboxylic acids is 1. The van der Waals surface area contributed by atoms with Crippen LogP contribution in [0.25, 0.3) is 0 Å². The zero-order valence-electron chi connectivity index (χ0n) is 6.83. The summed E-state index contributed by atoms with van der Waals surface area (Å²) < 4.78 is 8.87. The maximum atomic E-state index is 10.5. The monoisotopic (exact) mass is 199 g/mol. The van der Waals surface area contributed by atoms with Crippen LogP contribution in [0, 0.1) is 0 Å². The fourth-order valence-electron chi connectivity index (χ4n) is 0.412. The van der Waals surface area contributed by atoms with Crippen LogP contribution in [0.15, 0.2) is 0 Å². The van der Waals surface area contributed by atoms with Crippen molar-refractivity contribution in [3.05, 3.63) is 0 Å². The SMILES string of the molecule is COC(=O)CC(C)(O)OC.[V]. The van der Waals surface area contributed by atoms with Crippen molar-refractivity contribution in [1.29, 1.82) is 0 Å². The summed E-state index contributed by atoms with van der Waals surface area (Å²) in [4.78, 5) is 10.5. The summed E-state index contributed by atoms with van der Waals surface area (Å²) in [5, 5.41) is 9.10. The summed E-state index contributed by atoms with van der Waals surface area (Å²) in [6.45, 7) is 1.39. The Balaban J connectivity index is 0. The van der Waals surface area contributed by atoms with E-state index in [-0.39, 0.29) is 25.0 Å². The van der Waals surface area contributed by atoms with Crippen LogP contribution in [-0.4, -0.2) is 31.1 Å². The normalized spacial score (nSPS) is 14.5. The van der Waals surface area contributed by atoms with E-state index in [0.29, 0.717) is 0 Å². The molecule has 0 heterocycles. The van der Waals surface area contributed by atoms with Crippen molar-refractivity contribution >= 4 is 5.97 Å². The molecule has 0 aromatic carbocycles. The molecule has 4 nitrogen and oxygen atoms in total. The fourth-order valence-corrected chi connectivity index (χ4v) is 0.412. The molecule has 0 aliphatic heterocycles. The number of ether oxygens (including phenoxy) is 2. The van der Waals surface area contributed by atoms with Gasteiger partial charge in [0.05, 0.1) is 13.5 Å². The van der Waals surface area contributed by atoms with Gasteiger partial charge in [0.2, 0.25) is 0 Å². The van der Waals surface area contributed by atoms with E-state index in [4.69, 9.17) is 5.11 Å². The third-order valence-corrected chi connectivity index (χ3v) is 1.14. The van der Waals surface area contributed by atoms with E-state index in [1.807, 2.05) is 0 Å². The van der Waals surface area contributed by atoms with Crippen molar-refractivity contribution in [2.45, 2.75) is 19.1 Å². The van der Waals surface area contributed by atoms with E-state index in [9.17, 15) is 4.79 Å². The molecule has 0 rings (SSSR count). The average Bonchev–Trinajstić information content (AvgIpc) is 1.87. The maximum Gasteiger partial charge on any atom is 0.310 e. The largest absolute Gasteiger partial charge is 0.469 e. The van der Waals surface area contributed by atoms with Crippen LogP contribution in [0.4, 0.5) is 0 Å². The minimum absolute atomic E-state index is 0. The molecular formula is C6H12O4V. The van der Waals surface area contributed by atoms with Crippen LogP contribution in [-0.2, 0) is 32.8 Å². The zero-order valence-corrected chi connectivity index (χ0v) is 8.22. The van der Waals surface area contributed by atoms with Gasteiger partial charge >= 0.3 is 5.97 Å². The molecular weight excluding hydrogens is 187 g/mol. The molecule has 0 fully saturated rings. The average molecular weight is 199 g/mol. The number of aliphatic hydroxyl groups is 1. The summed E-state index contributed by atoms with van der Waals surface area (Å²) in [7, 11) is 2.58. The number of esters is 1. The van der Waals surface area contributed by atoms with E-state index < -0.39 is 11.8 Å². The predicted molar refractivity (Wildman–Crippen MR) is 34.3 cm³/mol. The van der Waals surface area contributed by atoms with Crippen LogP contribution in [0.5, 0.6) is 0 Å². The molecule has 0 aliphatic carbocycles. The molecule has 11 heavy (non-hydrogen) atoms. The Morgan fingerprint density at radius 3 is 2.27 bits per heavy atom.